The Morgan fingerprint density at radius 3 is 2.78 bits per heavy atom. The number of carbonyl (C=O) groups excluding carboxylic acids is 1. The van der Waals surface area contributed by atoms with Gasteiger partial charge in [-0.3, -0.25) is 4.79 Å². The summed E-state index contributed by atoms with van der Waals surface area (Å²) < 4.78 is 12.3. The van der Waals surface area contributed by atoms with Crippen LogP contribution in [0.15, 0.2) is 24.8 Å². The molecule has 1 spiro atoms. The number of ether oxygens (including phenoxy) is 2. The van der Waals surface area contributed by atoms with Crippen molar-refractivity contribution < 1.29 is 19.4 Å². The lowest BCUT2D eigenvalue weighted by molar-refractivity contribution is -0.318. The zero-order valence-corrected chi connectivity index (χ0v) is 14.2. The monoisotopic (exact) mass is 322 g/mol. The molecule has 2 fully saturated rings. The van der Waals surface area contributed by atoms with Crippen LogP contribution in [0.4, 0.5) is 0 Å². The van der Waals surface area contributed by atoms with E-state index in [1.54, 1.807) is 13.0 Å². The van der Waals surface area contributed by atoms with E-state index in [9.17, 15) is 9.90 Å². The minimum Gasteiger partial charge on any atom is -0.390 e. The van der Waals surface area contributed by atoms with Gasteiger partial charge in [-0.1, -0.05) is 12.2 Å². The molecule has 1 N–H and O–H groups in total. The Kier molecular flexibility index (Phi) is 7.00. The normalized spacial score (nSPS) is 33.0. The first-order chi connectivity index (χ1) is 11.0. The smallest absolute Gasteiger partial charge is 0.169 e. The van der Waals surface area contributed by atoms with Crippen molar-refractivity contribution in [3.05, 3.63) is 24.8 Å². The second-order valence-corrected chi connectivity index (χ2v) is 6.75. The van der Waals surface area contributed by atoms with E-state index in [0.29, 0.717) is 6.42 Å². The summed E-state index contributed by atoms with van der Waals surface area (Å²) in [6.45, 7) is 5.37. The van der Waals surface area contributed by atoms with Crippen LogP contribution in [0.5, 0.6) is 0 Å². The first-order valence-corrected chi connectivity index (χ1v) is 8.88. The number of ketones is 1. The maximum absolute atomic E-state index is 10.8. The highest BCUT2D eigenvalue weighted by Crippen LogP contribution is 2.40. The molecule has 4 atom stereocenters. The number of allylic oxidation sites excluding steroid dienone is 2. The second kappa shape index (κ2) is 8.76. The van der Waals surface area contributed by atoms with Gasteiger partial charge < -0.3 is 14.6 Å². The van der Waals surface area contributed by atoms with Crippen molar-refractivity contribution in [3.8, 4) is 0 Å². The van der Waals surface area contributed by atoms with Crippen LogP contribution < -0.4 is 0 Å². The van der Waals surface area contributed by atoms with Crippen LogP contribution >= 0.6 is 0 Å². The summed E-state index contributed by atoms with van der Waals surface area (Å²) in [6, 6.07) is 0. The van der Waals surface area contributed by atoms with Crippen LogP contribution in [0, 0.1) is 0 Å². The second-order valence-electron chi connectivity index (χ2n) is 6.75. The molecule has 130 valence electrons. The van der Waals surface area contributed by atoms with Gasteiger partial charge in [-0.25, -0.2) is 0 Å². The molecule has 0 unspecified atom stereocenters. The van der Waals surface area contributed by atoms with Crippen molar-refractivity contribution in [1.82, 2.24) is 0 Å². The first kappa shape index (κ1) is 18.4. The van der Waals surface area contributed by atoms with Gasteiger partial charge in [0.2, 0.25) is 0 Å². The molecule has 2 aliphatic rings. The molecule has 2 saturated heterocycles. The molecular formula is C19H30O4. The molecule has 0 aromatic heterocycles. The number of hydrogen-bond donors (Lipinski definition) is 1. The molecule has 4 nitrogen and oxygen atoms in total. The molecular weight excluding hydrogens is 292 g/mol. The fourth-order valence-corrected chi connectivity index (χ4v) is 3.52. The molecule has 0 aliphatic carbocycles. The summed E-state index contributed by atoms with van der Waals surface area (Å²) in [6.07, 6.45) is 12.9. The van der Waals surface area contributed by atoms with E-state index in [1.165, 1.54) is 0 Å². The van der Waals surface area contributed by atoms with Gasteiger partial charge in [0.05, 0.1) is 18.3 Å². The lowest BCUT2D eigenvalue weighted by Gasteiger charge is -2.46. The highest BCUT2D eigenvalue weighted by Gasteiger charge is 2.43. The topological polar surface area (TPSA) is 55.8 Å². The highest BCUT2D eigenvalue weighted by molar-refractivity contribution is 5.87. The highest BCUT2D eigenvalue weighted by atomic mass is 16.7. The van der Waals surface area contributed by atoms with Crippen molar-refractivity contribution in [2.24, 2.45) is 0 Å². The van der Waals surface area contributed by atoms with Gasteiger partial charge in [0.15, 0.2) is 11.6 Å². The molecule has 23 heavy (non-hydrogen) atoms. The first-order valence-electron chi connectivity index (χ1n) is 8.88. The lowest BCUT2D eigenvalue weighted by atomic mass is 9.90. The minimum absolute atomic E-state index is 0.0642. The van der Waals surface area contributed by atoms with E-state index >= 15 is 0 Å². The number of aliphatic hydroxyl groups excluding tert-OH is 1. The zero-order valence-electron chi connectivity index (χ0n) is 14.2. The van der Waals surface area contributed by atoms with Gasteiger partial charge >= 0.3 is 0 Å². The van der Waals surface area contributed by atoms with Crippen LogP contribution in [0.2, 0.25) is 0 Å². The van der Waals surface area contributed by atoms with Gasteiger partial charge in [0.25, 0.3) is 0 Å². The lowest BCUT2D eigenvalue weighted by Crippen LogP contribution is -2.50. The van der Waals surface area contributed by atoms with Crippen LogP contribution in [0.25, 0.3) is 0 Å². The van der Waals surface area contributed by atoms with Gasteiger partial charge in [0.1, 0.15) is 0 Å². The summed E-state index contributed by atoms with van der Waals surface area (Å²) in [4.78, 5) is 10.8. The van der Waals surface area contributed by atoms with Crippen LogP contribution in [0.3, 0.4) is 0 Å². The van der Waals surface area contributed by atoms with Gasteiger partial charge in [-0.2, -0.15) is 0 Å². The zero-order chi connectivity index (χ0) is 16.7. The van der Waals surface area contributed by atoms with E-state index in [4.69, 9.17) is 9.47 Å². The van der Waals surface area contributed by atoms with Gasteiger partial charge in [-0.15, -0.1) is 6.58 Å². The molecule has 0 radical (unpaired) electrons. The summed E-state index contributed by atoms with van der Waals surface area (Å²) in [7, 11) is 0. The number of carbonyl (C=O) groups is 1. The molecule has 0 amide bonds. The number of unbranched alkanes of at least 4 members (excludes halogenated alkanes) is 1. The van der Waals surface area contributed by atoms with Crippen LogP contribution in [-0.4, -0.2) is 35.0 Å². The Morgan fingerprint density at radius 1 is 1.35 bits per heavy atom. The third-order valence-corrected chi connectivity index (χ3v) is 4.74. The molecule has 4 heteroatoms. The van der Waals surface area contributed by atoms with Gasteiger partial charge in [0, 0.05) is 12.8 Å². The number of rotatable bonds is 7. The number of aliphatic hydroxyl groups is 1. The Labute approximate surface area is 139 Å². The molecule has 0 aromatic carbocycles. The Bertz CT molecular complexity index is 427. The van der Waals surface area contributed by atoms with E-state index in [0.717, 1.165) is 51.4 Å². The number of hydrogen-bond acceptors (Lipinski definition) is 4. The van der Waals surface area contributed by atoms with Crippen molar-refractivity contribution in [3.63, 3.8) is 0 Å². The van der Waals surface area contributed by atoms with E-state index in [-0.39, 0.29) is 18.0 Å². The Hall–Kier alpha value is -0.970. The van der Waals surface area contributed by atoms with Crippen molar-refractivity contribution in [2.75, 3.05) is 0 Å². The van der Waals surface area contributed by atoms with Gasteiger partial charge in [-0.05, 0) is 57.9 Å². The summed E-state index contributed by atoms with van der Waals surface area (Å²) in [5.74, 6) is -0.454. The average molecular weight is 322 g/mol. The van der Waals surface area contributed by atoms with E-state index < -0.39 is 11.9 Å². The maximum Gasteiger partial charge on any atom is 0.169 e. The predicted octanol–water partition coefficient (Wildman–Crippen LogP) is 3.68. The quantitative estimate of drug-likeness (QED) is 0.441. The van der Waals surface area contributed by atoms with Crippen molar-refractivity contribution >= 4 is 5.78 Å². The van der Waals surface area contributed by atoms with Crippen molar-refractivity contribution in [1.29, 1.82) is 0 Å². The van der Waals surface area contributed by atoms with Crippen LogP contribution in [0.1, 0.15) is 64.7 Å². The molecule has 0 aromatic rings. The summed E-state index contributed by atoms with van der Waals surface area (Å²) in [5.41, 5.74) is 0. The Morgan fingerprint density at radius 2 is 2.09 bits per heavy atom. The summed E-state index contributed by atoms with van der Waals surface area (Å²) in [5, 5.41) is 10.4. The van der Waals surface area contributed by atoms with E-state index in [1.807, 2.05) is 12.2 Å². The maximum atomic E-state index is 10.8. The largest absolute Gasteiger partial charge is 0.390 e. The third-order valence-electron chi connectivity index (χ3n) is 4.74. The fraction of sp³-hybridized carbons (Fsp3) is 0.737. The molecule has 2 rings (SSSR count). The molecule has 2 aliphatic heterocycles. The SMILES string of the molecule is C=C[C@@H]1CCC[C@]2(CCC[C@@H]([C@H](O)CCC/C=C/C(C)=O)O2)O1. The average Bonchev–Trinajstić information content (AvgIpc) is 2.54. The predicted molar refractivity (Wildman–Crippen MR) is 90.1 cm³/mol. The molecule has 0 saturated carbocycles. The summed E-state index contributed by atoms with van der Waals surface area (Å²) >= 11 is 0. The van der Waals surface area contributed by atoms with Crippen LogP contribution in [-0.2, 0) is 14.3 Å². The molecule has 0 bridgehead atoms. The Balaban J connectivity index is 1.80. The van der Waals surface area contributed by atoms with E-state index in [2.05, 4.69) is 6.58 Å². The fourth-order valence-electron chi connectivity index (χ4n) is 3.52. The third kappa shape index (κ3) is 5.55. The minimum atomic E-state index is -0.518. The molecule has 2 heterocycles. The van der Waals surface area contributed by atoms with Crippen molar-refractivity contribution in [2.45, 2.75) is 88.8 Å². The standard InChI is InChI=1S/C19H30O4/c1-3-16-10-7-13-19(22-16)14-8-12-18(23-19)17(21)11-6-4-5-9-15(2)20/h3,5,9,16-18,21H,1,4,6-8,10-14H2,2H3/b9-5+/t16-,17-,18+,19+/m1/s1.